The van der Waals surface area contributed by atoms with Crippen LogP contribution in [0.4, 0.5) is 16.4 Å². The van der Waals surface area contributed by atoms with Gasteiger partial charge in [0, 0.05) is 31.5 Å². The highest BCUT2D eigenvalue weighted by molar-refractivity contribution is 7.18. The molecule has 1 aromatic heterocycles. The van der Waals surface area contributed by atoms with Gasteiger partial charge in [0.25, 0.3) is 11.8 Å². The number of aldehydes is 1. The molecule has 1 aliphatic rings. The van der Waals surface area contributed by atoms with Crippen LogP contribution in [0.5, 0.6) is 0 Å². The van der Waals surface area contributed by atoms with Crippen LogP contribution >= 0.6 is 22.9 Å². The molecule has 4 rings (SSSR count). The number of amides is 2. The molecule has 0 bridgehead atoms. The maximum atomic E-state index is 12.3. The molecule has 0 unspecified atom stereocenters. The van der Waals surface area contributed by atoms with Crippen LogP contribution < -0.4 is 16.4 Å². The highest BCUT2D eigenvalue weighted by Crippen LogP contribution is 2.33. The summed E-state index contributed by atoms with van der Waals surface area (Å²) in [6, 6.07) is 14.8. The first-order chi connectivity index (χ1) is 17.2. The molecular formula is C26H26ClN5O3S. The monoisotopic (exact) mass is 523 g/mol. The van der Waals surface area contributed by atoms with Crippen LogP contribution in [0.2, 0.25) is 5.02 Å². The minimum absolute atomic E-state index is 0.157. The summed E-state index contributed by atoms with van der Waals surface area (Å²) in [5.74, 6) is -0.355. The van der Waals surface area contributed by atoms with E-state index in [4.69, 9.17) is 28.3 Å². The molecular weight excluding hydrogens is 498 g/mol. The molecule has 0 fully saturated rings. The van der Waals surface area contributed by atoms with Gasteiger partial charge in [0.1, 0.15) is 16.6 Å². The Morgan fingerprint density at radius 2 is 1.75 bits per heavy atom. The normalized spacial score (nSPS) is 12.0. The lowest BCUT2D eigenvalue weighted by molar-refractivity contribution is 0.0651. The Morgan fingerprint density at radius 1 is 1.11 bits per heavy atom. The van der Waals surface area contributed by atoms with Crippen molar-refractivity contribution < 1.29 is 14.4 Å². The molecule has 0 saturated carbocycles. The standard InChI is InChI=1S/C20H23N3O2.C6H3ClN2OS/c1-14-13-15(9-10-18(14)21)22(2)11-5-6-12-23-19(24)16-7-3-4-8-17(16)20(23)25;7-5-3(1-8)6(9)11-4(5)2-10/h3-4,7-10,13H,5-6,11-12,21H2,1-2H3;2H,9H2. The van der Waals surface area contributed by atoms with Crippen molar-refractivity contribution in [2.24, 2.45) is 0 Å². The third-order valence-corrected chi connectivity index (χ3v) is 7.27. The summed E-state index contributed by atoms with van der Waals surface area (Å²) in [6.07, 6.45) is 2.27. The summed E-state index contributed by atoms with van der Waals surface area (Å²) in [5, 5.41) is 8.93. The predicted molar refractivity (Wildman–Crippen MR) is 144 cm³/mol. The van der Waals surface area contributed by atoms with Crippen molar-refractivity contribution in [2.75, 3.05) is 36.5 Å². The molecule has 10 heteroatoms. The van der Waals surface area contributed by atoms with Gasteiger partial charge in [-0.1, -0.05) is 23.7 Å². The molecule has 3 aromatic rings. The molecule has 0 spiro atoms. The SMILES string of the molecule is Cc1cc(N(C)CCCCN2C(=O)c3ccccc3C2=O)ccc1N.N#Cc1c(N)sc(C=O)c1Cl. The first-order valence-corrected chi connectivity index (χ1v) is 12.3. The van der Waals surface area contributed by atoms with E-state index in [-0.39, 0.29) is 22.4 Å². The van der Waals surface area contributed by atoms with Crippen LogP contribution in [-0.2, 0) is 0 Å². The number of carbonyl (C=O) groups is 3. The highest BCUT2D eigenvalue weighted by atomic mass is 35.5. The zero-order valence-electron chi connectivity index (χ0n) is 20.0. The number of benzene rings is 2. The third-order valence-electron chi connectivity index (χ3n) is 5.82. The molecule has 0 aliphatic carbocycles. The molecule has 0 saturated heterocycles. The molecule has 4 N–H and O–H groups in total. The second-order valence-corrected chi connectivity index (χ2v) is 9.69. The van der Waals surface area contributed by atoms with E-state index in [0.29, 0.717) is 33.8 Å². The molecule has 0 atom stereocenters. The first-order valence-electron chi connectivity index (χ1n) is 11.1. The zero-order chi connectivity index (χ0) is 26.4. The van der Waals surface area contributed by atoms with Gasteiger partial charge >= 0.3 is 0 Å². The van der Waals surface area contributed by atoms with Crippen LogP contribution in [0, 0.1) is 18.3 Å². The Balaban J connectivity index is 0.000000275. The second-order valence-electron chi connectivity index (χ2n) is 8.23. The van der Waals surface area contributed by atoms with Crippen molar-refractivity contribution >= 4 is 57.4 Å². The predicted octanol–water partition coefficient (Wildman–Crippen LogP) is 4.76. The molecule has 0 radical (unpaired) electrons. The number of anilines is 3. The summed E-state index contributed by atoms with van der Waals surface area (Å²) in [4.78, 5) is 38.7. The van der Waals surface area contributed by atoms with E-state index in [1.165, 1.54) is 4.90 Å². The molecule has 2 aromatic carbocycles. The smallest absolute Gasteiger partial charge is 0.261 e. The Hall–Kier alpha value is -3.87. The summed E-state index contributed by atoms with van der Waals surface area (Å²) in [7, 11) is 2.03. The average molecular weight is 524 g/mol. The van der Waals surface area contributed by atoms with E-state index in [9.17, 15) is 14.4 Å². The van der Waals surface area contributed by atoms with Crippen LogP contribution in [0.1, 0.15) is 54.4 Å². The van der Waals surface area contributed by atoms with Gasteiger partial charge in [-0.2, -0.15) is 5.26 Å². The molecule has 1 aliphatic heterocycles. The number of aryl methyl sites for hydroxylation is 1. The van der Waals surface area contributed by atoms with E-state index < -0.39 is 0 Å². The number of nitrogens with two attached hydrogens (primary N) is 2. The van der Waals surface area contributed by atoms with Crippen LogP contribution in [0.15, 0.2) is 42.5 Å². The van der Waals surface area contributed by atoms with Gasteiger partial charge in [0.15, 0.2) is 6.29 Å². The fraction of sp³-hybridized carbons (Fsp3) is 0.231. The van der Waals surface area contributed by atoms with Crippen LogP contribution in [-0.4, -0.2) is 43.1 Å². The largest absolute Gasteiger partial charge is 0.399 e. The molecule has 186 valence electrons. The minimum atomic E-state index is -0.178. The number of carbonyl (C=O) groups excluding carboxylic acids is 3. The fourth-order valence-corrected chi connectivity index (χ4v) is 4.80. The third kappa shape index (κ3) is 5.67. The van der Waals surface area contributed by atoms with Gasteiger partial charge in [-0.25, -0.2) is 0 Å². The van der Waals surface area contributed by atoms with Crippen molar-refractivity contribution in [3.8, 4) is 6.07 Å². The van der Waals surface area contributed by atoms with Gasteiger partial charge in [0.2, 0.25) is 0 Å². The summed E-state index contributed by atoms with van der Waals surface area (Å²) < 4.78 is 0. The molecule has 2 heterocycles. The number of thiophene rings is 1. The van der Waals surface area contributed by atoms with Crippen molar-refractivity contribution in [3.05, 3.63) is 74.6 Å². The quantitative estimate of drug-likeness (QED) is 0.197. The number of hydrogen-bond donors (Lipinski definition) is 2. The van der Waals surface area contributed by atoms with Gasteiger partial charge in [0.05, 0.1) is 21.0 Å². The Kier molecular flexibility index (Phi) is 8.69. The Labute approximate surface area is 218 Å². The van der Waals surface area contributed by atoms with E-state index >= 15 is 0 Å². The van der Waals surface area contributed by atoms with Crippen molar-refractivity contribution in [2.45, 2.75) is 19.8 Å². The summed E-state index contributed by atoms with van der Waals surface area (Å²) in [6.45, 7) is 3.31. The number of unbranched alkanes of at least 4 members (excludes halogenated alkanes) is 1. The van der Waals surface area contributed by atoms with Crippen LogP contribution in [0.25, 0.3) is 0 Å². The maximum Gasteiger partial charge on any atom is 0.261 e. The maximum absolute atomic E-state index is 12.3. The van der Waals surface area contributed by atoms with E-state index in [0.717, 1.165) is 47.7 Å². The van der Waals surface area contributed by atoms with E-state index in [1.54, 1.807) is 24.3 Å². The van der Waals surface area contributed by atoms with Gasteiger partial charge in [-0.3, -0.25) is 19.3 Å². The van der Waals surface area contributed by atoms with Crippen LogP contribution in [0.3, 0.4) is 0 Å². The lowest BCUT2D eigenvalue weighted by atomic mass is 10.1. The average Bonchev–Trinajstić information content (AvgIpc) is 3.29. The number of nitrogens with zero attached hydrogens (tertiary/aromatic N) is 3. The Bertz CT molecular complexity index is 1310. The van der Waals surface area contributed by atoms with Crippen molar-refractivity contribution in [1.82, 2.24) is 4.90 Å². The van der Waals surface area contributed by atoms with Crippen molar-refractivity contribution in [3.63, 3.8) is 0 Å². The number of imide groups is 1. The van der Waals surface area contributed by atoms with Gasteiger partial charge < -0.3 is 16.4 Å². The summed E-state index contributed by atoms with van der Waals surface area (Å²) >= 11 is 6.63. The highest BCUT2D eigenvalue weighted by Gasteiger charge is 2.34. The lowest BCUT2D eigenvalue weighted by Gasteiger charge is -2.21. The second kappa shape index (κ2) is 11.7. The number of fused-ring (bicyclic) bond motifs is 1. The molecule has 2 amide bonds. The fourth-order valence-electron chi connectivity index (χ4n) is 3.71. The number of nitrogen functional groups attached to an aromatic ring is 2. The number of nitriles is 1. The lowest BCUT2D eigenvalue weighted by Crippen LogP contribution is -2.31. The zero-order valence-corrected chi connectivity index (χ0v) is 21.5. The topological polar surface area (TPSA) is 134 Å². The van der Waals surface area contributed by atoms with E-state index in [1.807, 2.05) is 32.2 Å². The minimum Gasteiger partial charge on any atom is -0.399 e. The van der Waals surface area contributed by atoms with E-state index in [2.05, 4.69) is 11.0 Å². The number of halogens is 1. The Morgan fingerprint density at radius 3 is 2.25 bits per heavy atom. The molecule has 8 nitrogen and oxygen atoms in total. The first kappa shape index (κ1) is 26.7. The number of rotatable bonds is 7. The molecule has 36 heavy (non-hydrogen) atoms. The van der Waals surface area contributed by atoms with Crippen molar-refractivity contribution in [1.29, 1.82) is 5.26 Å². The number of hydrogen-bond acceptors (Lipinski definition) is 8. The summed E-state index contributed by atoms with van der Waals surface area (Å²) in [5.41, 5.74) is 15.4. The van der Waals surface area contributed by atoms with Gasteiger partial charge in [-0.05, 0) is 55.7 Å². The van der Waals surface area contributed by atoms with Gasteiger partial charge in [-0.15, -0.1) is 11.3 Å².